The highest BCUT2D eigenvalue weighted by atomic mass is 32.2. The molecule has 0 radical (unpaired) electrons. The molecule has 6 nitrogen and oxygen atoms in total. The van der Waals surface area contributed by atoms with Gasteiger partial charge in [0.15, 0.2) is 0 Å². The molecule has 0 spiro atoms. The minimum atomic E-state index is -3.72. The van der Waals surface area contributed by atoms with Gasteiger partial charge in [-0.1, -0.05) is 12.1 Å². The van der Waals surface area contributed by atoms with Gasteiger partial charge in [-0.2, -0.15) is 0 Å². The molecule has 132 valence electrons. The van der Waals surface area contributed by atoms with Crippen molar-refractivity contribution >= 4 is 56.0 Å². The highest BCUT2D eigenvalue weighted by Crippen LogP contribution is 2.25. The average molecular weight is 397 g/mol. The van der Waals surface area contributed by atoms with Crippen LogP contribution in [0.4, 0.5) is 11.4 Å². The van der Waals surface area contributed by atoms with Crippen molar-refractivity contribution in [3.8, 4) is 0 Å². The summed E-state index contributed by atoms with van der Waals surface area (Å²) in [4.78, 5) is 0.255. The van der Waals surface area contributed by atoms with Crippen molar-refractivity contribution < 1.29 is 17.9 Å². The molecule has 2 N–H and O–H groups in total. The fourth-order valence-corrected chi connectivity index (χ4v) is 3.54. The number of thiocarbonyl (C=S) groups is 2. The summed E-state index contributed by atoms with van der Waals surface area (Å²) in [5.41, 5.74) is 1.03. The van der Waals surface area contributed by atoms with Gasteiger partial charge < -0.3 is 20.1 Å². The molecule has 2 aromatic rings. The Morgan fingerprint density at radius 2 is 1.24 bits per heavy atom. The van der Waals surface area contributed by atoms with Gasteiger partial charge >= 0.3 is 0 Å². The quantitative estimate of drug-likeness (QED) is 0.763. The summed E-state index contributed by atoms with van der Waals surface area (Å²) in [6, 6.07) is 12.6. The number of sulfone groups is 1. The first-order chi connectivity index (χ1) is 11.9. The van der Waals surface area contributed by atoms with Crippen molar-refractivity contribution in [1.82, 2.24) is 0 Å². The van der Waals surface area contributed by atoms with Gasteiger partial charge in [0, 0.05) is 11.4 Å². The van der Waals surface area contributed by atoms with Crippen LogP contribution in [0.15, 0.2) is 58.3 Å². The fourth-order valence-electron chi connectivity index (χ4n) is 1.96. The van der Waals surface area contributed by atoms with E-state index in [0.29, 0.717) is 11.4 Å². The van der Waals surface area contributed by atoms with E-state index in [2.05, 4.69) is 10.6 Å². The SMILES string of the molecule is COC(=S)Nc1cccc(S(=O)(=O)c2cccc(NC(=S)OC)c2)c1. The minimum Gasteiger partial charge on any atom is -0.474 e. The van der Waals surface area contributed by atoms with Crippen LogP contribution < -0.4 is 10.6 Å². The second kappa shape index (κ2) is 8.24. The van der Waals surface area contributed by atoms with Crippen molar-refractivity contribution in [3.63, 3.8) is 0 Å². The monoisotopic (exact) mass is 396 g/mol. The molecular formula is C16H16N2O4S3. The fraction of sp³-hybridized carbons (Fsp3) is 0.125. The number of nitrogens with one attached hydrogen (secondary N) is 2. The Balaban J connectivity index is 2.35. The normalized spacial score (nSPS) is 10.6. The van der Waals surface area contributed by atoms with Gasteiger partial charge in [0.25, 0.3) is 10.3 Å². The second-order valence-electron chi connectivity index (χ2n) is 4.79. The van der Waals surface area contributed by atoms with Gasteiger partial charge in [0.1, 0.15) is 0 Å². The molecule has 0 aliphatic rings. The summed E-state index contributed by atoms with van der Waals surface area (Å²) in [5.74, 6) is 0. The van der Waals surface area contributed by atoms with Gasteiger partial charge in [-0.05, 0) is 60.8 Å². The van der Waals surface area contributed by atoms with Crippen LogP contribution in [0.25, 0.3) is 0 Å². The number of hydrogen-bond acceptors (Lipinski definition) is 6. The predicted molar refractivity (Wildman–Crippen MR) is 105 cm³/mol. The van der Waals surface area contributed by atoms with Crippen molar-refractivity contribution in [2.45, 2.75) is 9.79 Å². The highest BCUT2D eigenvalue weighted by Gasteiger charge is 2.18. The number of methoxy groups -OCH3 is 2. The Bertz CT molecular complexity index is 830. The first-order valence-corrected chi connectivity index (χ1v) is 9.32. The summed E-state index contributed by atoms with van der Waals surface area (Å²) >= 11 is 9.84. The van der Waals surface area contributed by atoms with E-state index in [1.165, 1.54) is 38.5 Å². The maximum absolute atomic E-state index is 12.9. The molecule has 0 aliphatic carbocycles. The summed E-state index contributed by atoms with van der Waals surface area (Å²) in [6.45, 7) is 0. The second-order valence-corrected chi connectivity index (χ2v) is 7.48. The lowest BCUT2D eigenvalue weighted by Gasteiger charge is -2.11. The van der Waals surface area contributed by atoms with Crippen LogP contribution in [0.5, 0.6) is 0 Å². The lowest BCUT2D eigenvalue weighted by Crippen LogP contribution is -2.12. The van der Waals surface area contributed by atoms with E-state index in [9.17, 15) is 8.42 Å². The molecule has 0 bridgehead atoms. The van der Waals surface area contributed by atoms with E-state index in [-0.39, 0.29) is 20.1 Å². The Morgan fingerprint density at radius 1 is 0.840 bits per heavy atom. The first-order valence-electron chi connectivity index (χ1n) is 7.02. The topological polar surface area (TPSA) is 76.7 Å². The van der Waals surface area contributed by atoms with Crippen LogP contribution in [0.3, 0.4) is 0 Å². The van der Waals surface area contributed by atoms with E-state index >= 15 is 0 Å². The zero-order valence-corrected chi connectivity index (χ0v) is 15.9. The molecule has 0 amide bonds. The average Bonchev–Trinajstić information content (AvgIpc) is 2.62. The van der Waals surface area contributed by atoms with Crippen molar-refractivity contribution in [1.29, 1.82) is 0 Å². The molecule has 0 unspecified atom stereocenters. The maximum atomic E-state index is 12.9. The molecular weight excluding hydrogens is 380 g/mol. The molecule has 0 fully saturated rings. The third-order valence-corrected chi connectivity index (χ3v) is 5.44. The third-order valence-electron chi connectivity index (χ3n) is 3.15. The van der Waals surface area contributed by atoms with Crippen LogP contribution in [-0.4, -0.2) is 33.0 Å². The van der Waals surface area contributed by atoms with Gasteiger partial charge in [-0.3, -0.25) is 0 Å². The Labute approximate surface area is 157 Å². The van der Waals surface area contributed by atoms with Gasteiger partial charge in [-0.15, -0.1) is 0 Å². The zero-order valence-electron chi connectivity index (χ0n) is 13.5. The Hall–Kier alpha value is -2.23. The molecule has 0 aromatic heterocycles. The van der Waals surface area contributed by atoms with Crippen LogP contribution in [0.2, 0.25) is 0 Å². The molecule has 25 heavy (non-hydrogen) atoms. The number of anilines is 2. The van der Waals surface area contributed by atoms with E-state index in [0.717, 1.165) is 0 Å². The Morgan fingerprint density at radius 3 is 1.60 bits per heavy atom. The van der Waals surface area contributed by atoms with Crippen LogP contribution in [0, 0.1) is 0 Å². The minimum absolute atomic E-state index is 0.128. The maximum Gasteiger partial charge on any atom is 0.260 e. The van der Waals surface area contributed by atoms with Gasteiger partial charge in [0.2, 0.25) is 9.84 Å². The van der Waals surface area contributed by atoms with Gasteiger partial charge in [-0.25, -0.2) is 8.42 Å². The van der Waals surface area contributed by atoms with Crippen LogP contribution in [0.1, 0.15) is 0 Å². The Kier molecular flexibility index (Phi) is 6.29. The molecule has 0 atom stereocenters. The largest absolute Gasteiger partial charge is 0.474 e. The highest BCUT2D eigenvalue weighted by molar-refractivity contribution is 7.91. The van der Waals surface area contributed by atoms with Crippen LogP contribution in [-0.2, 0) is 19.3 Å². The zero-order chi connectivity index (χ0) is 18.4. The smallest absolute Gasteiger partial charge is 0.260 e. The number of benzene rings is 2. The molecule has 0 aliphatic heterocycles. The van der Waals surface area contributed by atoms with Crippen molar-refractivity contribution in [2.24, 2.45) is 0 Å². The molecule has 0 saturated heterocycles. The lowest BCUT2D eigenvalue weighted by atomic mass is 10.3. The standard InChI is InChI=1S/C16H16N2O4S3/c1-21-15(23)17-11-5-3-7-13(9-11)25(19,20)14-8-4-6-12(10-14)18-16(24)22-2/h3-10H,1-2H3,(H,17,23)(H,18,24). The molecule has 2 aromatic carbocycles. The number of rotatable bonds is 4. The first kappa shape index (κ1) is 19.1. The number of hydrogen-bond donors (Lipinski definition) is 2. The predicted octanol–water partition coefficient (Wildman–Crippen LogP) is 3.21. The molecule has 0 heterocycles. The lowest BCUT2D eigenvalue weighted by molar-refractivity contribution is 0.413. The van der Waals surface area contributed by atoms with Gasteiger partial charge in [0.05, 0.1) is 24.0 Å². The summed E-state index contributed by atoms with van der Waals surface area (Å²) in [7, 11) is -0.858. The van der Waals surface area contributed by atoms with E-state index < -0.39 is 9.84 Å². The molecule has 2 rings (SSSR count). The summed E-state index contributed by atoms with van der Waals surface area (Å²) in [5, 5.41) is 5.89. The van der Waals surface area contributed by atoms with E-state index in [1.807, 2.05) is 0 Å². The number of ether oxygens (including phenoxy) is 2. The van der Waals surface area contributed by atoms with E-state index in [4.69, 9.17) is 33.9 Å². The van der Waals surface area contributed by atoms with Crippen LogP contribution >= 0.6 is 24.4 Å². The molecule has 9 heteroatoms. The summed E-state index contributed by atoms with van der Waals surface area (Å²) in [6.07, 6.45) is 0. The van der Waals surface area contributed by atoms with Crippen molar-refractivity contribution in [2.75, 3.05) is 24.9 Å². The van der Waals surface area contributed by atoms with Crippen molar-refractivity contribution in [3.05, 3.63) is 48.5 Å². The summed E-state index contributed by atoms with van der Waals surface area (Å²) < 4.78 is 35.5. The third kappa shape index (κ3) is 4.88. The van der Waals surface area contributed by atoms with E-state index in [1.54, 1.807) is 24.3 Å². The molecule has 0 saturated carbocycles.